The Labute approximate surface area is 155 Å². The molecule has 0 aliphatic heterocycles. The Morgan fingerprint density at radius 3 is 2.71 bits per heavy atom. The standard InChI is InChI=1S/C15H12BrN5OS2/c16-8-4-6-9(7-5-8)24-11-3-1-2-10-12(11)13(14(22)18-10)20-21-15(23)19-17/h1-7,18,22H,17H2,(H,19,23). The molecule has 0 aliphatic carbocycles. The molecule has 0 unspecified atom stereocenters. The first-order valence-corrected chi connectivity index (χ1v) is 8.79. The van der Waals surface area contributed by atoms with E-state index in [1.807, 2.05) is 42.5 Å². The zero-order valence-corrected chi connectivity index (χ0v) is 15.4. The molecule has 0 bridgehead atoms. The molecule has 0 fully saturated rings. The van der Waals surface area contributed by atoms with Crippen LogP contribution in [0.4, 0.5) is 5.69 Å². The number of azo groups is 1. The van der Waals surface area contributed by atoms with Crippen molar-refractivity contribution in [1.29, 1.82) is 0 Å². The summed E-state index contributed by atoms with van der Waals surface area (Å²) in [6.45, 7) is 0. The Hall–Kier alpha value is -1.94. The summed E-state index contributed by atoms with van der Waals surface area (Å²) in [5.41, 5.74) is 3.31. The van der Waals surface area contributed by atoms with E-state index in [4.69, 9.17) is 18.1 Å². The first-order valence-electron chi connectivity index (χ1n) is 6.78. The number of hydrazine groups is 1. The summed E-state index contributed by atoms with van der Waals surface area (Å²) in [5.74, 6) is 5.11. The number of aromatic nitrogens is 1. The van der Waals surface area contributed by atoms with E-state index in [-0.39, 0.29) is 11.0 Å². The van der Waals surface area contributed by atoms with Crippen LogP contribution in [0.1, 0.15) is 0 Å². The van der Waals surface area contributed by atoms with Gasteiger partial charge in [-0.3, -0.25) is 5.43 Å². The van der Waals surface area contributed by atoms with Crippen molar-refractivity contribution in [3.8, 4) is 5.88 Å². The van der Waals surface area contributed by atoms with Gasteiger partial charge in [0, 0.05) is 19.6 Å². The second kappa shape index (κ2) is 7.31. The highest BCUT2D eigenvalue weighted by molar-refractivity contribution is 9.10. The molecule has 0 saturated heterocycles. The van der Waals surface area contributed by atoms with Crippen LogP contribution in [-0.2, 0) is 0 Å². The minimum absolute atomic E-state index is 0.0294. The maximum Gasteiger partial charge on any atom is 0.227 e. The number of thiocarbonyl (C=S) groups is 1. The van der Waals surface area contributed by atoms with E-state index < -0.39 is 0 Å². The second-order valence-electron chi connectivity index (χ2n) is 4.71. The Bertz CT molecular complexity index is 924. The van der Waals surface area contributed by atoms with Crippen molar-refractivity contribution in [1.82, 2.24) is 10.4 Å². The topological polar surface area (TPSA) is 98.8 Å². The number of H-pyrrole nitrogens is 1. The summed E-state index contributed by atoms with van der Waals surface area (Å²) in [7, 11) is 0. The van der Waals surface area contributed by atoms with Crippen molar-refractivity contribution in [2.75, 3.05) is 0 Å². The smallest absolute Gasteiger partial charge is 0.227 e. The lowest BCUT2D eigenvalue weighted by molar-refractivity contribution is 0.459. The summed E-state index contributed by atoms with van der Waals surface area (Å²) in [6, 6.07) is 13.7. The number of rotatable bonds is 3. The maximum absolute atomic E-state index is 10.1. The Morgan fingerprint density at radius 2 is 2.00 bits per heavy atom. The number of fused-ring (bicyclic) bond motifs is 1. The van der Waals surface area contributed by atoms with Crippen molar-refractivity contribution >= 4 is 61.6 Å². The largest absolute Gasteiger partial charge is 0.493 e. The molecule has 1 aromatic heterocycles. The third kappa shape index (κ3) is 3.59. The fourth-order valence-corrected chi connectivity index (χ4v) is 3.41. The van der Waals surface area contributed by atoms with Crippen molar-refractivity contribution in [2.24, 2.45) is 16.1 Å². The van der Waals surface area contributed by atoms with Gasteiger partial charge in [0.25, 0.3) is 0 Å². The van der Waals surface area contributed by atoms with Crippen LogP contribution in [0, 0.1) is 0 Å². The van der Waals surface area contributed by atoms with Gasteiger partial charge in [0.1, 0.15) is 0 Å². The monoisotopic (exact) mass is 421 g/mol. The Kier molecular flexibility index (Phi) is 5.14. The number of hydrogen-bond acceptors (Lipinski definition) is 5. The number of aromatic amines is 1. The van der Waals surface area contributed by atoms with Crippen LogP contribution in [0.3, 0.4) is 0 Å². The van der Waals surface area contributed by atoms with E-state index in [0.717, 1.165) is 25.2 Å². The highest BCUT2D eigenvalue weighted by Crippen LogP contribution is 2.43. The average molecular weight is 422 g/mol. The molecular formula is C15H12BrN5OS2. The number of nitrogens with two attached hydrogens (primary N) is 1. The summed E-state index contributed by atoms with van der Waals surface area (Å²) < 4.78 is 1.02. The van der Waals surface area contributed by atoms with Gasteiger partial charge >= 0.3 is 0 Å². The molecule has 0 amide bonds. The number of nitrogens with zero attached hydrogens (tertiary/aromatic N) is 2. The molecule has 0 radical (unpaired) electrons. The SMILES string of the molecule is NNC(=S)N=Nc1c(O)[nH]c2cccc(Sc3ccc(Br)cc3)c12. The van der Waals surface area contributed by atoms with Crippen molar-refractivity contribution in [2.45, 2.75) is 9.79 Å². The minimum Gasteiger partial charge on any atom is -0.493 e. The number of benzene rings is 2. The first-order chi connectivity index (χ1) is 11.6. The van der Waals surface area contributed by atoms with Gasteiger partial charge < -0.3 is 10.1 Å². The molecular weight excluding hydrogens is 410 g/mol. The van der Waals surface area contributed by atoms with E-state index >= 15 is 0 Å². The third-order valence-electron chi connectivity index (χ3n) is 3.15. The number of hydrogen-bond donors (Lipinski definition) is 4. The van der Waals surface area contributed by atoms with E-state index in [0.29, 0.717) is 5.69 Å². The summed E-state index contributed by atoms with van der Waals surface area (Å²) in [4.78, 5) is 4.89. The highest BCUT2D eigenvalue weighted by Gasteiger charge is 2.15. The van der Waals surface area contributed by atoms with Crippen molar-refractivity contribution < 1.29 is 5.11 Å². The van der Waals surface area contributed by atoms with Gasteiger partial charge in [-0.05, 0) is 48.6 Å². The predicted octanol–water partition coefficient (Wildman–Crippen LogP) is 4.62. The fourth-order valence-electron chi connectivity index (χ4n) is 2.12. The van der Waals surface area contributed by atoms with Crippen molar-refractivity contribution in [3.63, 3.8) is 0 Å². The first kappa shape index (κ1) is 16.9. The molecule has 0 aliphatic rings. The number of nitrogens with one attached hydrogen (secondary N) is 2. The highest BCUT2D eigenvalue weighted by atomic mass is 79.9. The van der Waals surface area contributed by atoms with Gasteiger partial charge in [-0.2, -0.15) is 0 Å². The van der Waals surface area contributed by atoms with E-state index in [1.54, 1.807) is 11.8 Å². The lowest BCUT2D eigenvalue weighted by Gasteiger charge is -2.04. The quantitative estimate of drug-likeness (QED) is 0.214. The third-order valence-corrected chi connectivity index (χ3v) is 4.94. The maximum atomic E-state index is 10.1. The molecule has 1 heterocycles. The van der Waals surface area contributed by atoms with Gasteiger partial charge in [-0.1, -0.05) is 33.8 Å². The minimum atomic E-state index is -0.0718. The summed E-state index contributed by atoms with van der Waals surface area (Å²) in [5, 5.41) is 18.7. The van der Waals surface area contributed by atoms with Gasteiger partial charge in [0.2, 0.25) is 11.0 Å². The molecule has 3 rings (SSSR count). The van der Waals surface area contributed by atoms with Crippen LogP contribution in [0.5, 0.6) is 5.88 Å². The zero-order valence-electron chi connectivity index (χ0n) is 12.2. The molecule has 2 aromatic carbocycles. The molecule has 6 nitrogen and oxygen atoms in total. The van der Waals surface area contributed by atoms with Crippen LogP contribution >= 0.6 is 39.9 Å². The molecule has 24 heavy (non-hydrogen) atoms. The van der Waals surface area contributed by atoms with E-state index in [9.17, 15) is 5.11 Å². The molecule has 0 saturated carbocycles. The Balaban J connectivity index is 2.06. The number of aromatic hydroxyl groups is 1. The van der Waals surface area contributed by atoms with Crippen LogP contribution in [0.25, 0.3) is 10.9 Å². The van der Waals surface area contributed by atoms with Crippen LogP contribution in [-0.4, -0.2) is 15.2 Å². The van der Waals surface area contributed by atoms with Gasteiger partial charge in [0.15, 0.2) is 5.69 Å². The van der Waals surface area contributed by atoms with Crippen LogP contribution < -0.4 is 11.3 Å². The normalized spacial score (nSPS) is 11.2. The molecule has 122 valence electrons. The van der Waals surface area contributed by atoms with Crippen LogP contribution in [0.15, 0.2) is 67.0 Å². The molecule has 5 N–H and O–H groups in total. The van der Waals surface area contributed by atoms with E-state index in [1.165, 1.54) is 0 Å². The van der Waals surface area contributed by atoms with Gasteiger partial charge in [0.05, 0.1) is 5.52 Å². The lowest BCUT2D eigenvalue weighted by Crippen LogP contribution is -2.26. The van der Waals surface area contributed by atoms with Gasteiger partial charge in [-0.15, -0.1) is 10.2 Å². The zero-order chi connectivity index (χ0) is 17.1. The van der Waals surface area contributed by atoms with Crippen LogP contribution in [0.2, 0.25) is 0 Å². The van der Waals surface area contributed by atoms with Gasteiger partial charge in [-0.25, -0.2) is 5.84 Å². The summed E-state index contributed by atoms with van der Waals surface area (Å²) in [6.07, 6.45) is 0. The fraction of sp³-hybridized carbons (Fsp3) is 0. The number of halogens is 1. The average Bonchev–Trinajstić information content (AvgIpc) is 2.91. The summed E-state index contributed by atoms with van der Waals surface area (Å²) >= 11 is 9.84. The molecule has 0 spiro atoms. The van der Waals surface area contributed by atoms with E-state index in [2.05, 4.69) is 36.6 Å². The predicted molar refractivity (Wildman–Crippen MR) is 103 cm³/mol. The second-order valence-corrected chi connectivity index (χ2v) is 7.12. The molecule has 3 aromatic rings. The molecule has 9 heteroatoms. The van der Waals surface area contributed by atoms with Crippen molar-refractivity contribution in [3.05, 3.63) is 46.9 Å². The lowest BCUT2D eigenvalue weighted by atomic mass is 10.2. The molecule has 0 atom stereocenters. The Morgan fingerprint density at radius 1 is 1.25 bits per heavy atom.